The number of carboxylic acids is 1. The van der Waals surface area contributed by atoms with Crippen molar-refractivity contribution in [2.45, 2.75) is 12.5 Å². The smallest absolute Gasteiger partial charge is 0.337 e. The van der Waals surface area contributed by atoms with E-state index in [9.17, 15) is 14.7 Å². The highest BCUT2D eigenvalue weighted by Crippen LogP contribution is 2.22. The number of carboxylic acid groups (broad SMARTS) is 1. The van der Waals surface area contributed by atoms with Gasteiger partial charge in [-0.25, -0.2) is 4.79 Å². The van der Waals surface area contributed by atoms with Crippen LogP contribution in [0.5, 0.6) is 0 Å². The number of carbonyl (C=O) groups is 2. The van der Waals surface area contributed by atoms with Crippen LogP contribution < -0.4 is 0 Å². The normalized spacial score (nSPS) is 12.2. The zero-order chi connectivity index (χ0) is 13.0. The van der Waals surface area contributed by atoms with Gasteiger partial charge in [0.25, 0.3) is 0 Å². The maximum Gasteiger partial charge on any atom is 0.337 e. The number of halogens is 2. The fourth-order valence-corrected chi connectivity index (χ4v) is 2.11. The molecular formula is C11H10Br2O4. The summed E-state index contributed by atoms with van der Waals surface area (Å²) in [4.78, 5) is 21.9. The first-order valence-electron chi connectivity index (χ1n) is 4.72. The van der Waals surface area contributed by atoms with Gasteiger partial charge in [-0.1, -0.05) is 37.9 Å². The second-order valence-corrected chi connectivity index (χ2v) is 4.96. The van der Waals surface area contributed by atoms with Crippen LogP contribution in [0.3, 0.4) is 0 Å². The van der Waals surface area contributed by atoms with E-state index in [-0.39, 0.29) is 23.1 Å². The van der Waals surface area contributed by atoms with Crippen molar-refractivity contribution in [2.24, 2.45) is 0 Å². The molecule has 0 aliphatic heterocycles. The second-order valence-electron chi connectivity index (χ2n) is 3.48. The molecule has 0 aliphatic carbocycles. The Morgan fingerprint density at radius 2 is 1.94 bits per heavy atom. The Labute approximate surface area is 115 Å². The molecule has 17 heavy (non-hydrogen) atoms. The quantitative estimate of drug-likeness (QED) is 0.783. The highest BCUT2D eigenvalue weighted by atomic mass is 79.9. The summed E-state index contributed by atoms with van der Waals surface area (Å²) >= 11 is 6.27. The number of rotatable bonds is 5. The summed E-state index contributed by atoms with van der Waals surface area (Å²) in [5.74, 6) is -1.33. The first-order chi connectivity index (χ1) is 7.93. The molecule has 0 fully saturated rings. The molecule has 0 aromatic heterocycles. The van der Waals surface area contributed by atoms with Crippen LogP contribution >= 0.6 is 31.9 Å². The van der Waals surface area contributed by atoms with Crippen molar-refractivity contribution in [3.8, 4) is 0 Å². The molecule has 1 atom stereocenters. The molecule has 2 N–H and O–H groups in total. The molecule has 0 radical (unpaired) electrons. The third-order valence-corrected chi connectivity index (χ3v) is 3.16. The highest BCUT2D eigenvalue weighted by Gasteiger charge is 2.17. The Morgan fingerprint density at radius 3 is 2.47 bits per heavy atom. The van der Waals surface area contributed by atoms with Crippen LogP contribution in [-0.4, -0.2) is 27.3 Å². The van der Waals surface area contributed by atoms with Gasteiger partial charge >= 0.3 is 5.97 Å². The van der Waals surface area contributed by atoms with Crippen molar-refractivity contribution in [2.75, 3.05) is 5.33 Å². The second kappa shape index (κ2) is 6.28. The van der Waals surface area contributed by atoms with Crippen LogP contribution in [0, 0.1) is 0 Å². The summed E-state index contributed by atoms with van der Waals surface area (Å²) < 4.78 is 0.632. The molecule has 92 valence electrons. The van der Waals surface area contributed by atoms with E-state index in [1.807, 2.05) is 0 Å². The minimum absolute atomic E-state index is 0.0149. The van der Waals surface area contributed by atoms with E-state index in [1.54, 1.807) is 6.07 Å². The number of alkyl halides is 1. The summed E-state index contributed by atoms with van der Waals surface area (Å²) in [6.45, 7) is 0. The largest absolute Gasteiger partial charge is 0.479 e. The third-order valence-electron chi connectivity index (χ3n) is 2.08. The Kier molecular flexibility index (Phi) is 5.30. The van der Waals surface area contributed by atoms with E-state index in [4.69, 9.17) is 5.11 Å². The van der Waals surface area contributed by atoms with Crippen molar-refractivity contribution in [1.82, 2.24) is 0 Å². The minimum Gasteiger partial charge on any atom is -0.479 e. The lowest BCUT2D eigenvalue weighted by Crippen LogP contribution is -2.11. The molecule has 4 nitrogen and oxygen atoms in total. The molecule has 0 saturated carbocycles. The number of benzene rings is 1. The molecule has 1 rings (SSSR count). The minimum atomic E-state index is -1.58. The lowest BCUT2D eigenvalue weighted by Gasteiger charge is -2.09. The maximum absolute atomic E-state index is 11.3. The number of carbonyl (C=O) groups excluding carboxylic acids is 1. The van der Waals surface area contributed by atoms with E-state index in [0.29, 0.717) is 10.0 Å². The molecular weight excluding hydrogens is 356 g/mol. The van der Waals surface area contributed by atoms with Gasteiger partial charge in [-0.3, -0.25) is 4.79 Å². The third kappa shape index (κ3) is 4.22. The molecule has 0 heterocycles. The molecule has 0 spiro atoms. The topological polar surface area (TPSA) is 74.6 Å². The van der Waals surface area contributed by atoms with Crippen LogP contribution in [0.25, 0.3) is 0 Å². The summed E-state index contributed by atoms with van der Waals surface area (Å²) in [6, 6.07) is 4.75. The Bertz CT molecular complexity index is 445. The summed E-state index contributed by atoms with van der Waals surface area (Å²) in [7, 11) is 0. The van der Waals surface area contributed by atoms with Gasteiger partial charge in [0.05, 0.1) is 5.33 Å². The van der Waals surface area contributed by atoms with Gasteiger partial charge < -0.3 is 10.2 Å². The Morgan fingerprint density at radius 1 is 1.29 bits per heavy atom. The fraction of sp³-hybridized carbons (Fsp3) is 0.273. The summed E-state index contributed by atoms with van der Waals surface area (Å²) in [5.41, 5.74) is 0.920. The first-order valence-corrected chi connectivity index (χ1v) is 6.63. The zero-order valence-corrected chi connectivity index (χ0v) is 11.9. The van der Waals surface area contributed by atoms with Crippen molar-refractivity contribution in [1.29, 1.82) is 0 Å². The number of hydrogen-bond acceptors (Lipinski definition) is 3. The first kappa shape index (κ1) is 14.3. The predicted octanol–water partition coefficient (Wildman–Crippen LogP) is 2.07. The number of aliphatic hydroxyl groups is 1. The van der Waals surface area contributed by atoms with Crippen molar-refractivity contribution >= 4 is 43.6 Å². The van der Waals surface area contributed by atoms with Gasteiger partial charge in [0.2, 0.25) is 0 Å². The lowest BCUT2D eigenvalue weighted by atomic mass is 10.0. The summed E-state index contributed by atoms with van der Waals surface area (Å²) in [5, 5.41) is 18.4. The maximum atomic E-state index is 11.3. The SMILES string of the molecule is O=C(CBr)Cc1cc(Br)cc(C(O)C(=O)O)c1. The van der Waals surface area contributed by atoms with Crippen molar-refractivity contribution in [3.05, 3.63) is 33.8 Å². The van der Waals surface area contributed by atoms with Crippen LogP contribution in [0.4, 0.5) is 0 Å². The predicted molar refractivity (Wildman–Crippen MR) is 69.2 cm³/mol. The van der Waals surface area contributed by atoms with Gasteiger partial charge in [0.1, 0.15) is 5.78 Å². The van der Waals surface area contributed by atoms with Crippen LogP contribution in [0.15, 0.2) is 22.7 Å². The van der Waals surface area contributed by atoms with E-state index in [2.05, 4.69) is 31.9 Å². The molecule has 6 heteroatoms. The zero-order valence-electron chi connectivity index (χ0n) is 8.69. The fourth-order valence-electron chi connectivity index (χ4n) is 1.35. The number of Topliss-reactive ketones (excluding diaryl/α,β-unsaturated/α-hetero) is 1. The van der Waals surface area contributed by atoms with Crippen LogP contribution in [0.2, 0.25) is 0 Å². The van der Waals surface area contributed by atoms with Gasteiger partial charge in [0, 0.05) is 10.9 Å². The van der Waals surface area contributed by atoms with E-state index >= 15 is 0 Å². The molecule has 1 unspecified atom stereocenters. The van der Waals surface area contributed by atoms with Gasteiger partial charge in [0.15, 0.2) is 6.10 Å². The molecule has 0 bridgehead atoms. The number of hydrogen-bond donors (Lipinski definition) is 2. The highest BCUT2D eigenvalue weighted by molar-refractivity contribution is 9.10. The molecule has 0 amide bonds. The molecule has 0 aliphatic rings. The standard InChI is InChI=1S/C11H10Br2O4/c12-5-9(14)3-6-1-7(4-8(13)2-6)10(15)11(16)17/h1-2,4,10,15H,3,5H2,(H,16,17). The van der Waals surface area contributed by atoms with Gasteiger partial charge in [-0.15, -0.1) is 0 Å². The monoisotopic (exact) mass is 364 g/mol. The molecule has 0 saturated heterocycles. The van der Waals surface area contributed by atoms with Gasteiger partial charge in [-0.2, -0.15) is 0 Å². The lowest BCUT2D eigenvalue weighted by molar-refractivity contribution is -0.146. The molecule has 1 aromatic rings. The number of aliphatic hydroxyl groups excluding tert-OH is 1. The molecule has 1 aromatic carbocycles. The van der Waals surface area contributed by atoms with Crippen molar-refractivity contribution in [3.63, 3.8) is 0 Å². The van der Waals surface area contributed by atoms with E-state index < -0.39 is 12.1 Å². The Hall–Kier alpha value is -0.720. The Balaban J connectivity index is 3.01. The van der Waals surface area contributed by atoms with E-state index in [0.717, 1.165) is 0 Å². The number of ketones is 1. The average Bonchev–Trinajstić information content (AvgIpc) is 2.26. The summed E-state index contributed by atoms with van der Waals surface area (Å²) in [6.07, 6.45) is -1.38. The van der Waals surface area contributed by atoms with E-state index in [1.165, 1.54) is 12.1 Å². The average molecular weight is 366 g/mol. The van der Waals surface area contributed by atoms with Gasteiger partial charge in [-0.05, 0) is 23.3 Å². The van der Waals surface area contributed by atoms with Crippen molar-refractivity contribution < 1.29 is 19.8 Å². The van der Waals surface area contributed by atoms with Crippen LogP contribution in [0.1, 0.15) is 17.2 Å². The van der Waals surface area contributed by atoms with Crippen LogP contribution in [-0.2, 0) is 16.0 Å². The number of aliphatic carboxylic acids is 1.